The Labute approximate surface area is 157 Å². The third-order valence-corrected chi connectivity index (χ3v) is 7.34. The molecule has 146 valence electrons. The average molecular weight is 382 g/mol. The van der Waals surface area contributed by atoms with Crippen LogP contribution in [0.3, 0.4) is 0 Å². The summed E-state index contributed by atoms with van der Waals surface area (Å²) in [5.74, 6) is 0.421. The summed E-state index contributed by atoms with van der Waals surface area (Å²) in [6, 6.07) is 4.83. The second-order valence-electron chi connectivity index (χ2n) is 7.08. The predicted molar refractivity (Wildman–Crippen MR) is 104 cm³/mol. The highest BCUT2D eigenvalue weighted by Gasteiger charge is 2.31. The largest absolute Gasteiger partial charge is 0.334 e. The highest BCUT2D eigenvalue weighted by atomic mass is 32.2. The van der Waals surface area contributed by atoms with E-state index in [4.69, 9.17) is 5.73 Å². The molecule has 26 heavy (non-hydrogen) atoms. The van der Waals surface area contributed by atoms with Crippen LogP contribution in [-0.4, -0.2) is 55.8 Å². The van der Waals surface area contributed by atoms with Crippen LogP contribution < -0.4 is 5.73 Å². The Morgan fingerprint density at radius 1 is 1.31 bits per heavy atom. The van der Waals surface area contributed by atoms with Crippen LogP contribution in [0.4, 0.5) is 0 Å². The van der Waals surface area contributed by atoms with Crippen LogP contribution in [0.1, 0.15) is 49.5 Å². The van der Waals surface area contributed by atoms with Gasteiger partial charge in [-0.15, -0.1) is 0 Å². The first kappa shape index (κ1) is 20.9. The lowest BCUT2D eigenvalue weighted by molar-refractivity contribution is 0.0572. The van der Waals surface area contributed by atoms with E-state index in [9.17, 15) is 13.2 Å². The van der Waals surface area contributed by atoms with Gasteiger partial charge >= 0.3 is 0 Å². The summed E-state index contributed by atoms with van der Waals surface area (Å²) in [5.41, 5.74) is 7.12. The van der Waals surface area contributed by atoms with Crippen molar-refractivity contribution in [1.29, 1.82) is 0 Å². The maximum atomic E-state index is 13.1. The van der Waals surface area contributed by atoms with Crippen LogP contribution in [0.5, 0.6) is 0 Å². The summed E-state index contributed by atoms with van der Waals surface area (Å²) >= 11 is 0. The fourth-order valence-electron chi connectivity index (χ4n) is 3.60. The van der Waals surface area contributed by atoms with Crippen LogP contribution >= 0.6 is 0 Å². The first-order valence-corrected chi connectivity index (χ1v) is 10.8. The molecule has 0 saturated carbocycles. The molecule has 1 aliphatic rings. The van der Waals surface area contributed by atoms with Gasteiger partial charge in [-0.1, -0.05) is 26.8 Å². The van der Waals surface area contributed by atoms with E-state index in [1.807, 2.05) is 25.7 Å². The highest BCUT2D eigenvalue weighted by molar-refractivity contribution is 7.89. The normalized spacial score (nSPS) is 21.2. The van der Waals surface area contributed by atoms with E-state index in [0.29, 0.717) is 37.7 Å². The van der Waals surface area contributed by atoms with Gasteiger partial charge in [-0.3, -0.25) is 4.79 Å². The molecule has 6 nitrogen and oxygen atoms in total. The molecule has 1 saturated heterocycles. The molecule has 7 heteroatoms. The smallest absolute Gasteiger partial charge is 0.254 e. The summed E-state index contributed by atoms with van der Waals surface area (Å²) in [6.45, 7) is 9.51. The molecule has 1 aromatic carbocycles. The van der Waals surface area contributed by atoms with Crippen molar-refractivity contribution in [2.75, 3.05) is 26.2 Å². The van der Waals surface area contributed by atoms with Crippen molar-refractivity contribution in [3.63, 3.8) is 0 Å². The lowest BCUT2D eigenvalue weighted by atomic mass is 9.91. The fraction of sp³-hybridized carbons (Fsp3) is 0.632. The van der Waals surface area contributed by atoms with E-state index in [1.165, 1.54) is 10.4 Å². The molecule has 2 unspecified atom stereocenters. The lowest BCUT2D eigenvalue weighted by Crippen LogP contribution is -2.49. The van der Waals surface area contributed by atoms with Crippen molar-refractivity contribution in [2.45, 2.75) is 51.5 Å². The Hall–Kier alpha value is -1.44. The number of carbonyl (C=O) groups excluding carboxylic acids is 1. The maximum Gasteiger partial charge on any atom is 0.254 e. The Bertz CT molecular complexity index is 744. The van der Waals surface area contributed by atoms with Crippen LogP contribution in [0.15, 0.2) is 23.1 Å². The average Bonchev–Trinajstić information content (AvgIpc) is 2.62. The zero-order valence-corrected chi connectivity index (χ0v) is 17.1. The van der Waals surface area contributed by atoms with E-state index in [0.717, 1.165) is 18.4 Å². The van der Waals surface area contributed by atoms with Crippen molar-refractivity contribution < 1.29 is 13.2 Å². The van der Waals surface area contributed by atoms with Gasteiger partial charge in [-0.2, -0.15) is 4.31 Å². The SMILES string of the molecule is CCN(CC)S(=O)(=O)c1ccc(C)c(C(=O)N2CCC(C)CC2CN)c1. The second-order valence-corrected chi connectivity index (χ2v) is 9.02. The van der Waals surface area contributed by atoms with E-state index >= 15 is 0 Å². The van der Waals surface area contributed by atoms with E-state index in [1.54, 1.807) is 12.1 Å². The van der Waals surface area contributed by atoms with E-state index in [-0.39, 0.29) is 16.8 Å². The van der Waals surface area contributed by atoms with Gasteiger partial charge in [0.2, 0.25) is 10.0 Å². The Balaban J connectivity index is 2.39. The summed E-state index contributed by atoms with van der Waals surface area (Å²) in [6.07, 6.45) is 1.83. The molecule has 1 fully saturated rings. The maximum absolute atomic E-state index is 13.1. The molecule has 1 aromatic rings. The zero-order chi connectivity index (χ0) is 19.5. The summed E-state index contributed by atoms with van der Waals surface area (Å²) in [7, 11) is -3.59. The Morgan fingerprint density at radius 3 is 2.54 bits per heavy atom. The molecule has 0 radical (unpaired) electrons. The summed E-state index contributed by atoms with van der Waals surface area (Å²) in [4.78, 5) is 15.1. The number of carbonyl (C=O) groups is 1. The number of nitrogens with two attached hydrogens (primary N) is 1. The third-order valence-electron chi connectivity index (χ3n) is 5.29. The fourth-order valence-corrected chi connectivity index (χ4v) is 5.09. The number of rotatable bonds is 6. The quantitative estimate of drug-likeness (QED) is 0.819. The van der Waals surface area contributed by atoms with Gasteiger partial charge < -0.3 is 10.6 Å². The topological polar surface area (TPSA) is 83.7 Å². The van der Waals surface area contributed by atoms with Crippen molar-refractivity contribution >= 4 is 15.9 Å². The number of sulfonamides is 1. The van der Waals surface area contributed by atoms with Crippen molar-refractivity contribution in [3.8, 4) is 0 Å². The minimum atomic E-state index is -3.59. The van der Waals surface area contributed by atoms with Gasteiger partial charge in [0, 0.05) is 37.8 Å². The van der Waals surface area contributed by atoms with Gasteiger partial charge in [0.05, 0.1) is 4.90 Å². The monoisotopic (exact) mass is 381 g/mol. The van der Waals surface area contributed by atoms with Crippen molar-refractivity contribution in [3.05, 3.63) is 29.3 Å². The number of likely N-dealkylation sites (tertiary alicyclic amines) is 1. The first-order valence-electron chi connectivity index (χ1n) is 9.38. The number of amides is 1. The third kappa shape index (κ3) is 4.10. The number of aryl methyl sites for hydroxylation is 1. The standard InChI is InChI=1S/C19H31N3O3S/c1-5-21(6-2)26(24,25)17-8-7-15(4)18(12-17)19(23)22-10-9-14(3)11-16(22)13-20/h7-8,12,14,16H,5-6,9-11,13,20H2,1-4H3. The lowest BCUT2D eigenvalue weighted by Gasteiger charge is -2.38. The molecule has 0 bridgehead atoms. The zero-order valence-electron chi connectivity index (χ0n) is 16.2. The van der Waals surface area contributed by atoms with Gasteiger partial charge in [-0.05, 0) is 43.4 Å². The minimum absolute atomic E-state index is 0.00805. The second kappa shape index (κ2) is 8.50. The number of nitrogens with zero attached hydrogens (tertiary/aromatic N) is 2. The number of benzene rings is 1. The first-order chi connectivity index (χ1) is 12.3. The molecule has 0 aromatic heterocycles. The molecule has 0 aliphatic carbocycles. The minimum Gasteiger partial charge on any atom is -0.334 e. The molecular formula is C19H31N3O3S. The summed E-state index contributed by atoms with van der Waals surface area (Å²) in [5, 5.41) is 0. The molecule has 1 heterocycles. The molecule has 2 rings (SSSR count). The van der Waals surface area contributed by atoms with Crippen molar-refractivity contribution in [1.82, 2.24) is 9.21 Å². The predicted octanol–water partition coefficient (Wildman–Crippen LogP) is 2.22. The van der Waals surface area contributed by atoms with Crippen LogP contribution in [-0.2, 0) is 10.0 Å². The molecule has 2 atom stereocenters. The van der Waals surface area contributed by atoms with Crippen LogP contribution in [0.2, 0.25) is 0 Å². The number of hydrogen-bond donors (Lipinski definition) is 1. The Kier molecular flexibility index (Phi) is 6.82. The van der Waals surface area contributed by atoms with Crippen molar-refractivity contribution in [2.24, 2.45) is 11.7 Å². The number of piperidine rings is 1. The molecule has 1 aliphatic heterocycles. The van der Waals surface area contributed by atoms with E-state index in [2.05, 4.69) is 6.92 Å². The van der Waals surface area contributed by atoms with Gasteiger partial charge in [-0.25, -0.2) is 8.42 Å². The molecule has 1 amide bonds. The van der Waals surface area contributed by atoms with Gasteiger partial charge in [0.25, 0.3) is 5.91 Å². The highest BCUT2D eigenvalue weighted by Crippen LogP contribution is 2.26. The number of hydrogen-bond acceptors (Lipinski definition) is 4. The van der Waals surface area contributed by atoms with Gasteiger partial charge in [0.15, 0.2) is 0 Å². The van der Waals surface area contributed by atoms with Crippen LogP contribution in [0, 0.1) is 12.8 Å². The molecule has 2 N–H and O–H groups in total. The Morgan fingerprint density at radius 2 is 1.96 bits per heavy atom. The molecular weight excluding hydrogens is 350 g/mol. The van der Waals surface area contributed by atoms with Gasteiger partial charge in [0.1, 0.15) is 0 Å². The van der Waals surface area contributed by atoms with Crippen LogP contribution in [0.25, 0.3) is 0 Å². The van der Waals surface area contributed by atoms with E-state index < -0.39 is 10.0 Å². The molecule has 0 spiro atoms. The summed E-state index contributed by atoms with van der Waals surface area (Å²) < 4.78 is 27.0.